The highest BCUT2D eigenvalue weighted by atomic mass is 127. The minimum atomic E-state index is -3.52. The molecule has 27 heavy (non-hydrogen) atoms. The third-order valence-corrected chi connectivity index (χ3v) is 5.66. The van der Waals surface area contributed by atoms with Gasteiger partial charge in [0.25, 0.3) is 0 Å². The molecule has 0 saturated heterocycles. The molecule has 3 aromatic rings. The molecule has 2 heterocycles. The van der Waals surface area contributed by atoms with E-state index in [1.807, 2.05) is 12.1 Å². The molecule has 0 spiro atoms. The van der Waals surface area contributed by atoms with Crippen LogP contribution in [-0.4, -0.2) is 36.7 Å². The van der Waals surface area contributed by atoms with Crippen LogP contribution in [0.2, 0.25) is 0 Å². The van der Waals surface area contributed by atoms with Gasteiger partial charge in [0.1, 0.15) is 5.82 Å². The van der Waals surface area contributed by atoms with E-state index in [1.54, 1.807) is 48.8 Å². The Bertz CT molecular complexity index is 967. The fourth-order valence-electron chi connectivity index (χ4n) is 2.15. The maximum atomic E-state index is 12.2. The zero-order valence-electron chi connectivity index (χ0n) is 14.1. The molecule has 0 aliphatic rings. The van der Waals surface area contributed by atoms with Crippen LogP contribution in [-0.2, 0) is 10.0 Å². The van der Waals surface area contributed by atoms with E-state index in [2.05, 4.69) is 53.1 Å². The molecule has 0 fully saturated rings. The van der Waals surface area contributed by atoms with Crippen LogP contribution in [0.5, 0.6) is 0 Å². The Morgan fingerprint density at radius 1 is 0.852 bits per heavy atom. The summed E-state index contributed by atoms with van der Waals surface area (Å²) in [6, 6.07) is 13.9. The molecule has 1 aromatic carbocycles. The van der Waals surface area contributed by atoms with Gasteiger partial charge in [0.05, 0.1) is 4.90 Å². The first-order chi connectivity index (χ1) is 13.0. The van der Waals surface area contributed by atoms with Gasteiger partial charge in [-0.2, -0.15) is 0 Å². The quantitative estimate of drug-likeness (QED) is 0.325. The Kier molecular flexibility index (Phi) is 6.53. The molecule has 0 bridgehead atoms. The first kappa shape index (κ1) is 19.5. The van der Waals surface area contributed by atoms with Gasteiger partial charge in [-0.25, -0.2) is 13.1 Å². The third kappa shape index (κ3) is 5.84. The molecule has 2 aromatic heterocycles. The number of rotatable bonds is 8. The average Bonchev–Trinajstić information content (AvgIpc) is 2.68. The van der Waals surface area contributed by atoms with Gasteiger partial charge in [0.2, 0.25) is 10.0 Å². The van der Waals surface area contributed by atoms with E-state index in [-0.39, 0.29) is 11.4 Å². The average molecular weight is 496 g/mol. The molecule has 0 unspecified atom stereocenters. The van der Waals surface area contributed by atoms with E-state index in [1.165, 1.54) is 0 Å². The van der Waals surface area contributed by atoms with Gasteiger partial charge in [-0.15, -0.1) is 10.2 Å². The molecule has 3 rings (SSSR count). The number of nitrogens with one attached hydrogen (secondary N) is 3. The lowest BCUT2D eigenvalue weighted by molar-refractivity contribution is 0.583. The maximum absolute atomic E-state index is 12.2. The predicted molar refractivity (Wildman–Crippen MR) is 112 cm³/mol. The highest BCUT2D eigenvalue weighted by Crippen LogP contribution is 2.13. The minimum absolute atomic E-state index is 0.229. The van der Waals surface area contributed by atoms with Gasteiger partial charge in [-0.05, 0) is 71.1 Å². The number of halogens is 1. The van der Waals surface area contributed by atoms with Crippen molar-refractivity contribution in [3.63, 3.8) is 0 Å². The van der Waals surface area contributed by atoms with Gasteiger partial charge in [0.15, 0.2) is 5.82 Å². The number of aromatic nitrogens is 3. The fraction of sp³-hybridized carbons (Fsp3) is 0.118. The lowest BCUT2D eigenvalue weighted by Gasteiger charge is -2.09. The van der Waals surface area contributed by atoms with E-state index in [4.69, 9.17) is 0 Å². The number of nitrogens with zero attached hydrogens (tertiary/aromatic N) is 3. The predicted octanol–water partition coefficient (Wildman–Crippen LogP) is 2.61. The van der Waals surface area contributed by atoms with Gasteiger partial charge in [0, 0.05) is 34.7 Å². The lowest BCUT2D eigenvalue weighted by Crippen LogP contribution is -2.29. The summed E-state index contributed by atoms with van der Waals surface area (Å²) in [6.07, 6.45) is 3.37. The number of pyridine rings is 1. The normalized spacial score (nSPS) is 11.1. The molecule has 140 valence electrons. The van der Waals surface area contributed by atoms with E-state index < -0.39 is 10.0 Å². The first-order valence-electron chi connectivity index (χ1n) is 8.03. The van der Waals surface area contributed by atoms with Crippen LogP contribution in [0, 0.1) is 3.57 Å². The monoisotopic (exact) mass is 496 g/mol. The second-order valence-electron chi connectivity index (χ2n) is 5.44. The maximum Gasteiger partial charge on any atom is 0.240 e. The second-order valence-corrected chi connectivity index (χ2v) is 8.46. The number of benzene rings is 1. The van der Waals surface area contributed by atoms with Gasteiger partial charge < -0.3 is 10.6 Å². The molecule has 3 N–H and O–H groups in total. The number of hydrogen-bond donors (Lipinski definition) is 3. The van der Waals surface area contributed by atoms with E-state index in [0.29, 0.717) is 18.2 Å². The minimum Gasteiger partial charge on any atom is -0.367 e. The van der Waals surface area contributed by atoms with Gasteiger partial charge in [-0.3, -0.25) is 4.98 Å². The first-order valence-corrected chi connectivity index (χ1v) is 10.6. The molecule has 0 aliphatic heterocycles. The highest BCUT2D eigenvalue weighted by molar-refractivity contribution is 14.1. The number of hydrogen-bond acceptors (Lipinski definition) is 7. The van der Waals surface area contributed by atoms with Crippen molar-refractivity contribution in [2.45, 2.75) is 4.90 Å². The van der Waals surface area contributed by atoms with Crippen LogP contribution < -0.4 is 15.4 Å². The summed E-state index contributed by atoms with van der Waals surface area (Å²) in [7, 11) is -3.52. The molecule has 0 radical (unpaired) electrons. The Morgan fingerprint density at radius 3 is 2.19 bits per heavy atom. The number of anilines is 3. The molecule has 8 nitrogen and oxygen atoms in total. The molecular weight excluding hydrogens is 479 g/mol. The SMILES string of the molecule is O=S(=O)(NCCNc1ccc(Nc2ccncc2)nn1)c1ccc(I)cc1. The van der Waals surface area contributed by atoms with E-state index >= 15 is 0 Å². The van der Waals surface area contributed by atoms with Crippen LogP contribution in [0.3, 0.4) is 0 Å². The Morgan fingerprint density at radius 2 is 1.52 bits per heavy atom. The largest absolute Gasteiger partial charge is 0.367 e. The van der Waals surface area contributed by atoms with Crippen LogP contribution in [0.1, 0.15) is 0 Å². The van der Waals surface area contributed by atoms with E-state index in [9.17, 15) is 8.42 Å². The third-order valence-electron chi connectivity index (χ3n) is 3.46. The Hall–Kier alpha value is -2.31. The van der Waals surface area contributed by atoms with E-state index in [0.717, 1.165) is 9.26 Å². The van der Waals surface area contributed by atoms with Crippen molar-refractivity contribution in [1.29, 1.82) is 0 Å². The molecular formula is C17H17IN6O2S. The summed E-state index contributed by atoms with van der Waals surface area (Å²) >= 11 is 2.13. The summed E-state index contributed by atoms with van der Waals surface area (Å²) in [5.74, 6) is 1.16. The number of sulfonamides is 1. The lowest BCUT2D eigenvalue weighted by atomic mass is 10.4. The summed E-state index contributed by atoms with van der Waals surface area (Å²) in [6.45, 7) is 0.614. The summed E-state index contributed by atoms with van der Waals surface area (Å²) in [5.41, 5.74) is 0.866. The Balaban J connectivity index is 1.47. The molecule has 0 saturated carbocycles. The molecule has 0 amide bonds. The smallest absolute Gasteiger partial charge is 0.240 e. The topological polar surface area (TPSA) is 109 Å². The van der Waals surface area contributed by atoms with Crippen LogP contribution in [0.4, 0.5) is 17.3 Å². The van der Waals surface area contributed by atoms with Crippen molar-refractivity contribution >= 4 is 49.9 Å². The molecule has 10 heteroatoms. The van der Waals surface area contributed by atoms with Crippen molar-refractivity contribution < 1.29 is 8.42 Å². The van der Waals surface area contributed by atoms with Crippen molar-refractivity contribution in [3.05, 3.63) is 64.5 Å². The van der Waals surface area contributed by atoms with Crippen LogP contribution in [0.25, 0.3) is 0 Å². The Labute approximate surface area is 171 Å². The second kappa shape index (κ2) is 9.06. The van der Waals surface area contributed by atoms with Gasteiger partial charge in [-0.1, -0.05) is 0 Å². The van der Waals surface area contributed by atoms with Gasteiger partial charge >= 0.3 is 0 Å². The van der Waals surface area contributed by atoms with Crippen LogP contribution >= 0.6 is 22.6 Å². The zero-order chi connectivity index (χ0) is 19.1. The molecule has 0 aliphatic carbocycles. The van der Waals surface area contributed by atoms with Crippen LogP contribution in [0.15, 0.2) is 65.8 Å². The summed E-state index contributed by atoms with van der Waals surface area (Å²) < 4.78 is 27.9. The summed E-state index contributed by atoms with van der Waals surface area (Å²) in [4.78, 5) is 4.19. The summed E-state index contributed by atoms with van der Waals surface area (Å²) in [5, 5.41) is 14.3. The zero-order valence-corrected chi connectivity index (χ0v) is 17.1. The van der Waals surface area contributed by atoms with Crippen molar-refractivity contribution in [1.82, 2.24) is 19.9 Å². The fourth-order valence-corrected chi connectivity index (χ4v) is 3.54. The highest BCUT2D eigenvalue weighted by Gasteiger charge is 2.12. The van der Waals surface area contributed by atoms with Crippen molar-refractivity contribution in [3.8, 4) is 0 Å². The van der Waals surface area contributed by atoms with Crippen molar-refractivity contribution in [2.75, 3.05) is 23.7 Å². The van der Waals surface area contributed by atoms with Crippen molar-refractivity contribution in [2.24, 2.45) is 0 Å². The molecule has 0 atom stereocenters. The standard InChI is InChI=1S/C17H17IN6O2S/c18-13-1-3-15(4-2-13)27(25,26)21-12-11-20-16-5-6-17(24-23-16)22-14-7-9-19-10-8-14/h1-10,21H,11-12H2,(H,20,23)(H,19,22,24).